The fourth-order valence-corrected chi connectivity index (χ4v) is 4.45. The number of aromatic hydroxyl groups is 1. The van der Waals surface area contributed by atoms with Crippen molar-refractivity contribution in [2.24, 2.45) is 0 Å². The highest BCUT2D eigenvalue weighted by Crippen LogP contribution is 2.44. The van der Waals surface area contributed by atoms with E-state index in [-0.39, 0.29) is 22.1 Å². The van der Waals surface area contributed by atoms with Gasteiger partial charge in [0.2, 0.25) is 0 Å². The number of nitrogens with one attached hydrogen (secondary N) is 1. The lowest BCUT2D eigenvalue weighted by atomic mass is 9.95. The van der Waals surface area contributed by atoms with E-state index in [1.807, 2.05) is 18.2 Å². The zero-order chi connectivity index (χ0) is 23.3. The predicted molar refractivity (Wildman–Crippen MR) is 128 cm³/mol. The molecule has 0 aliphatic carbocycles. The minimum absolute atomic E-state index is 0.0423. The van der Waals surface area contributed by atoms with Gasteiger partial charge in [0, 0.05) is 28.4 Å². The van der Waals surface area contributed by atoms with Gasteiger partial charge < -0.3 is 15.2 Å². The van der Waals surface area contributed by atoms with Crippen LogP contribution in [0.15, 0.2) is 78.5 Å². The molecule has 1 aromatic heterocycles. The minimum Gasteiger partial charge on any atom is -0.508 e. The van der Waals surface area contributed by atoms with Gasteiger partial charge >= 0.3 is 0 Å². The first-order valence-corrected chi connectivity index (χ1v) is 10.7. The summed E-state index contributed by atoms with van der Waals surface area (Å²) in [6, 6.07) is 17.1. The highest BCUT2D eigenvalue weighted by Gasteiger charge is 2.47. The summed E-state index contributed by atoms with van der Waals surface area (Å²) in [5.74, 6) is -2.04. The summed E-state index contributed by atoms with van der Waals surface area (Å²) in [7, 11) is 0. The quantitative estimate of drug-likeness (QED) is 0.197. The summed E-state index contributed by atoms with van der Waals surface area (Å²) < 4.78 is 0. The van der Waals surface area contributed by atoms with Crippen LogP contribution in [0.4, 0.5) is 5.69 Å². The van der Waals surface area contributed by atoms with Gasteiger partial charge in [-0.2, -0.15) is 0 Å². The molecule has 1 amide bonds. The summed E-state index contributed by atoms with van der Waals surface area (Å²) in [5.41, 5.74) is 1.84. The zero-order valence-electron chi connectivity index (χ0n) is 16.9. The van der Waals surface area contributed by atoms with Gasteiger partial charge in [0.25, 0.3) is 11.7 Å². The maximum atomic E-state index is 13.2. The number of ketones is 1. The monoisotopic (exact) mass is 478 g/mol. The van der Waals surface area contributed by atoms with Crippen molar-refractivity contribution in [2.75, 3.05) is 4.90 Å². The molecule has 0 saturated carbocycles. The first kappa shape index (κ1) is 21.1. The molecule has 0 bridgehead atoms. The number of aliphatic hydroxyl groups is 1. The minimum atomic E-state index is -0.997. The van der Waals surface area contributed by atoms with Crippen LogP contribution in [0.5, 0.6) is 5.75 Å². The Morgan fingerprint density at radius 2 is 1.73 bits per heavy atom. The number of H-pyrrole nitrogens is 1. The average molecular weight is 479 g/mol. The molecule has 1 atom stereocenters. The molecular weight excluding hydrogens is 463 g/mol. The molecule has 0 radical (unpaired) electrons. The standard InChI is InChI=1S/C25H16Cl2N2O4/c26-18-9-8-14(11-19(18)27)29-22(13-4-3-5-15(30)10-13)21(24(32)25(29)33)23(31)17-12-28-20-7-2-1-6-16(17)20/h1-12,22,28,30-31H/b23-21-. The van der Waals surface area contributed by atoms with Crippen molar-refractivity contribution < 1.29 is 19.8 Å². The number of hydrogen-bond donors (Lipinski definition) is 3. The number of nitrogens with zero attached hydrogens (tertiary/aromatic N) is 1. The van der Waals surface area contributed by atoms with Crippen LogP contribution in [0.1, 0.15) is 17.2 Å². The summed E-state index contributed by atoms with van der Waals surface area (Å²) >= 11 is 12.2. The molecular formula is C25H16Cl2N2O4. The lowest BCUT2D eigenvalue weighted by molar-refractivity contribution is -0.132. The van der Waals surface area contributed by atoms with Crippen LogP contribution in [0.2, 0.25) is 10.0 Å². The zero-order valence-corrected chi connectivity index (χ0v) is 18.4. The number of carbonyl (C=O) groups excluding carboxylic acids is 2. The van der Waals surface area contributed by atoms with Crippen LogP contribution in [0.25, 0.3) is 16.7 Å². The van der Waals surface area contributed by atoms with E-state index >= 15 is 0 Å². The van der Waals surface area contributed by atoms with Crippen LogP contribution in [-0.2, 0) is 9.59 Å². The number of carbonyl (C=O) groups is 2. The molecule has 4 aromatic rings. The summed E-state index contributed by atoms with van der Waals surface area (Å²) in [6.07, 6.45) is 1.59. The Morgan fingerprint density at radius 1 is 0.939 bits per heavy atom. The second-order valence-corrected chi connectivity index (χ2v) is 8.42. The number of halogens is 2. The van der Waals surface area contributed by atoms with E-state index in [1.54, 1.807) is 30.5 Å². The van der Waals surface area contributed by atoms with Crippen molar-refractivity contribution in [2.45, 2.75) is 6.04 Å². The molecule has 33 heavy (non-hydrogen) atoms. The van der Waals surface area contributed by atoms with Gasteiger partial charge in [-0.05, 0) is 42.0 Å². The molecule has 3 aromatic carbocycles. The number of para-hydroxylation sites is 1. The maximum absolute atomic E-state index is 13.2. The highest BCUT2D eigenvalue weighted by molar-refractivity contribution is 6.52. The number of fused-ring (bicyclic) bond motifs is 1. The van der Waals surface area contributed by atoms with E-state index in [0.717, 1.165) is 5.52 Å². The number of aliphatic hydroxyl groups excluding tert-OH is 1. The van der Waals surface area contributed by atoms with E-state index in [4.69, 9.17) is 23.2 Å². The lowest BCUT2D eigenvalue weighted by Gasteiger charge is -2.25. The van der Waals surface area contributed by atoms with E-state index in [1.165, 1.54) is 29.2 Å². The fourth-order valence-electron chi connectivity index (χ4n) is 4.16. The fraction of sp³-hybridized carbons (Fsp3) is 0.0400. The second-order valence-electron chi connectivity index (χ2n) is 7.61. The van der Waals surface area contributed by atoms with Crippen molar-refractivity contribution >= 4 is 57.2 Å². The molecule has 1 aliphatic heterocycles. The summed E-state index contributed by atoms with van der Waals surface area (Å²) in [6.45, 7) is 0. The predicted octanol–water partition coefficient (Wildman–Crippen LogP) is 5.81. The van der Waals surface area contributed by atoms with Crippen LogP contribution in [0.3, 0.4) is 0 Å². The Kier molecular flexibility index (Phi) is 5.12. The number of phenols is 1. The molecule has 0 spiro atoms. The molecule has 5 rings (SSSR count). The van der Waals surface area contributed by atoms with Crippen molar-refractivity contribution in [3.63, 3.8) is 0 Å². The molecule has 1 fully saturated rings. The molecule has 3 N–H and O–H groups in total. The van der Waals surface area contributed by atoms with Crippen LogP contribution >= 0.6 is 23.2 Å². The third-order valence-corrected chi connectivity index (χ3v) is 6.40. The van der Waals surface area contributed by atoms with Crippen LogP contribution in [-0.4, -0.2) is 26.9 Å². The van der Waals surface area contributed by atoms with Gasteiger partial charge in [-0.25, -0.2) is 0 Å². The number of benzene rings is 3. The first-order valence-electron chi connectivity index (χ1n) is 9.98. The maximum Gasteiger partial charge on any atom is 0.300 e. The molecule has 8 heteroatoms. The number of phenolic OH excluding ortho intramolecular Hbond substituents is 1. The first-order chi connectivity index (χ1) is 15.9. The number of hydrogen-bond acceptors (Lipinski definition) is 4. The Hall–Kier alpha value is -3.74. The number of Topliss-reactive ketones (excluding diaryl/α,β-unsaturated/α-hetero) is 1. The molecule has 1 saturated heterocycles. The summed E-state index contributed by atoms with van der Waals surface area (Å²) in [5, 5.41) is 22.6. The number of aromatic amines is 1. The third-order valence-electron chi connectivity index (χ3n) is 5.66. The third kappa shape index (κ3) is 3.44. The molecule has 1 aliphatic rings. The second kappa shape index (κ2) is 7.99. The van der Waals surface area contributed by atoms with Gasteiger partial charge in [0.1, 0.15) is 11.5 Å². The van der Waals surface area contributed by atoms with Crippen molar-refractivity contribution in [1.82, 2.24) is 4.98 Å². The Balaban J connectivity index is 1.77. The van der Waals surface area contributed by atoms with Crippen LogP contribution in [0, 0.1) is 0 Å². The number of anilines is 1. The molecule has 2 heterocycles. The van der Waals surface area contributed by atoms with E-state index in [2.05, 4.69) is 4.98 Å². The largest absolute Gasteiger partial charge is 0.508 e. The SMILES string of the molecule is O=C1C(=O)N(c2ccc(Cl)c(Cl)c2)C(c2cccc(O)c2)/C1=C(/O)c1c[nH]c2ccccc12. The van der Waals surface area contributed by atoms with Gasteiger partial charge in [-0.3, -0.25) is 14.5 Å². The molecule has 1 unspecified atom stereocenters. The van der Waals surface area contributed by atoms with Crippen LogP contribution < -0.4 is 4.90 Å². The van der Waals surface area contributed by atoms with E-state index in [9.17, 15) is 19.8 Å². The Morgan fingerprint density at radius 3 is 2.48 bits per heavy atom. The van der Waals surface area contributed by atoms with Gasteiger partial charge in [0.15, 0.2) is 0 Å². The lowest BCUT2D eigenvalue weighted by Crippen LogP contribution is -2.29. The van der Waals surface area contributed by atoms with E-state index in [0.29, 0.717) is 27.2 Å². The summed E-state index contributed by atoms with van der Waals surface area (Å²) in [4.78, 5) is 30.8. The number of aromatic nitrogens is 1. The molecule has 6 nitrogen and oxygen atoms in total. The van der Waals surface area contributed by atoms with Gasteiger partial charge in [-0.1, -0.05) is 53.5 Å². The topological polar surface area (TPSA) is 93.6 Å². The Bertz CT molecular complexity index is 1470. The number of amides is 1. The van der Waals surface area contributed by atoms with Gasteiger partial charge in [-0.15, -0.1) is 0 Å². The number of rotatable bonds is 3. The Labute approximate surface area is 198 Å². The average Bonchev–Trinajstić information content (AvgIpc) is 3.35. The van der Waals surface area contributed by atoms with Crippen molar-refractivity contribution in [1.29, 1.82) is 0 Å². The molecule has 164 valence electrons. The van der Waals surface area contributed by atoms with Crippen molar-refractivity contribution in [3.05, 3.63) is 99.7 Å². The van der Waals surface area contributed by atoms with E-state index < -0.39 is 17.7 Å². The normalized spacial score (nSPS) is 17.8. The van der Waals surface area contributed by atoms with Crippen molar-refractivity contribution in [3.8, 4) is 5.75 Å². The smallest absolute Gasteiger partial charge is 0.300 e. The van der Waals surface area contributed by atoms with Gasteiger partial charge in [0.05, 0.1) is 21.7 Å². The highest BCUT2D eigenvalue weighted by atomic mass is 35.5.